The van der Waals surface area contributed by atoms with Gasteiger partial charge in [-0.05, 0) is 31.0 Å². The van der Waals surface area contributed by atoms with Crippen molar-refractivity contribution >= 4 is 11.0 Å². The number of rotatable bonds is 1. The molecule has 1 aromatic heterocycles. The predicted octanol–water partition coefficient (Wildman–Crippen LogP) is 2.37. The molecule has 0 bridgehead atoms. The predicted molar refractivity (Wildman–Crippen MR) is 58.3 cm³/mol. The number of fused-ring (bicyclic) bond motifs is 1. The maximum atomic E-state index is 11.3. The molecule has 1 N–H and O–H groups in total. The van der Waals surface area contributed by atoms with E-state index in [1.54, 1.807) is 19.1 Å². The lowest BCUT2D eigenvalue weighted by Crippen LogP contribution is -2.00. The fourth-order valence-electron chi connectivity index (χ4n) is 1.71. The van der Waals surface area contributed by atoms with Crippen molar-refractivity contribution in [2.45, 2.75) is 20.3 Å². The lowest BCUT2D eigenvalue weighted by molar-refractivity contribution is 0.468. The van der Waals surface area contributed by atoms with Crippen LogP contribution in [0, 0.1) is 6.92 Å². The Labute approximate surface area is 87.0 Å². The van der Waals surface area contributed by atoms with E-state index in [1.165, 1.54) is 6.07 Å². The Hall–Kier alpha value is -1.77. The molecular formula is C12H12O3. The standard InChI is InChI=1S/C12H12O3/c1-3-8-6-11(14)15-12-7(2)10(13)5-4-9(8)12/h4-6,13H,3H2,1-2H3. The zero-order valence-corrected chi connectivity index (χ0v) is 8.70. The van der Waals surface area contributed by atoms with Gasteiger partial charge >= 0.3 is 5.63 Å². The molecule has 0 amide bonds. The van der Waals surface area contributed by atoms with Crippen molar-refractivity contribution < 1.29 is 9.52 Å². The van der Waals surface area contributed by atoms with Crippen LogP contribution < -0.4 is 5.63 Å². The third-order valence-corrected chi connectivity index (χ3v) is 2.60. The summed E-state index contributed by atoms with van der Waals surface area (Å²) in [5.41, 5.74) is 1.68. The van der Waals surface area contributed by atoms with Crippen molar-refractivity contribution in [3.05, 3.63) is 39.7 Å². The van der Waals surface area contributed by atoms with E-state index in [9.17, 15) is 9.90 Å². The van der Waals surface area contributed by atoms with Crippen LogP contribution in [-0.4, -0.2) is 5.11 Å². The van der Waals surface area contributed by atoms with Gasteiger partial charge in [0.15, 0.2) is 0 Å². The molecule has 2 aromatic rings. The Bertz CT molecular complexity index is 567. The highest BCUT2D eigenvalue weighted by molar-refractivity contribution is 5.84. The minimum atomic E-state index is -0.368. The molecule has 0 aliphatic rings. The summed E-state index contributed by atoms with van der Waals surface area (Å²) in [5.74, 6) is 0.152. The molecule has 78 valence electrons. The second-order valence-corrected chi connectivity index (χ2v) is 3.53. The number of phenols is 1. The Morgan fingerprint density at radius 1 is 1.40 bits per heavy atom. The lowest BCUT2D eigenvalue weighted by Gasteiger charge is -2.06. The molecule has 15 heavy (non-hydrogen) atoms. The van der Waals surface area contributed by atoms with Gasteiger partial charge in [0.05, 0.1) is 0 Å². The maximum Gasteiger partial charge on any atom is 0.336 e. The highest BCUT2D eigenvalue weighted by atomic mass is 16.4. The smallest absolute Gasteiger partial charge is 0.336 e. The molecule has 0 radical (unpaired) electrons. The first-order valence-electron chi connectivity index (χ1n) is 4.88. The molecule has 2 rings (SSSR count). The van der Waals surface area contributed by atoms with Gasteiger partial charge in [0, 0.05) is 17.0 Å². The van der Waals surface area contributed by atoms with Crippen LogP contribution in [0.1, 0.15) is 18.1 Å². The molecular weight excluding hydrogens is 192 g/mol. The number of aryl methyl sites for hydroxylation is 2. The Balaban J connectivity index is 2.96. The number of phenolic OH excluding ortho intramolecular Hbond substituents is 1. The number of benzene rings is 1. The van der Waals surface area contributed by atoms with Crippen molar-refractivity contribution in [2.24, 2.45) is 0 Å². The van der Waals surface area contributed by atoms with Crippen molar-refractivity contribution in [2.75, 3.05) is 0 Å². The van der Waals surface area contributed by atoms with E-state index in [4.69, 9.17) is 4.42 Å². The van der Waals surface area contributed by atoms with E-state index >= 15 is 0 Å². The molecule has 0 unspecified atom stereocenters. The molecule has 0 aliphatic carbocycles. The zero-order chi connectivity index (χ0) is 11.0. The zero-order valence-electron chi connectivity index (χ0n) is 8.70. The quantitative estimate of drug-likeness (QED) is 0.725. The van der Waals surface area contributed by atoms with Crippen LogP contribution in [0.25, 0.3) is 11.0 Å². The van der Waals surface area contributed by atoms with Crippen LogP contribution >= 0.6 is 0 Å². The molecule has 0 aliphatic heterocycles. The minimum Gasteiger partial charge on any atom is -0.508 e. The van der Waals surface area contributed by atoms with Crippen molar-refractivity contribution in [3.8, 4) is 5.75 Å². The summed E-state index contributed by atoms with van der Waals surface area (Å²) in [6.45, 7) is 3.72. The SMILES string of the molecule is CCc1cc(=O)oc2c(C)c(O)ccc12. The summed E-state index contributed by atoms with van der Waals surface area (Å²) < 4.78 is 5.10. The van der Waals surface area contributed by atoms with E-state index in [0.717, 1.165) is 17.4 Å². The second-order valence-electron chi connectivity index (χ2n) is 3.53. The largest absolute Gasteiger partial charge is 0.508 e. The topological polar surface area (TPSA) is 50.4 Å². The lowest BCUT2D eigenvalue weighted by atomic mass is 10.0. The Morgan fingerprint density at radius 3 is 2.80 bits per heavy atom. The normalized spacial score (nSPS) is 10.8. The molecule has 0 atom stereocenters. The Morgan fingerprint density at radius 2 is 2.13 bits per heavy atom. The maximum absolute atomic E-state index is 11.3. The fraction of sp³-hybridized carbons (Fsp3) is 0.250. The monoisotopic (exact) mass is 204 g/mol. The summed E-state index contributed by atoms with van der Waals surface area (Å²) in [6.07, 6.45) is 0.770. The highest BCUT2D eigenvalue weighted by Gasteiger charge is 2.08. The molecule has 0 saturated carbocycles. The van der Waals surface area contributed by atoms with E-state index in [2.05, 4.69) is 0 Å². The van der Waals surface area contributed by atoms with Crippen LogP contribution in [0.3, 0.4) is 0 Å². The first-order chi connectivity index (χ1) is 7.13. The summed E-state index contributed by atoms with van der Waals surface area (Å²) in [6, 6.07) is 4.90. The van der Waals surface area contributed by atoms with Crippen molar-refractivity contribution in [3.63, 3.8) is 0 Å². The molecule has 0 spiro atoms. The minimum absolute atomic E-state index is 0.152. The molecule has 1 heterocycles. The Kier molecular flexibility index (Phi) is 2.23. The molecule has 3 nitrogen and oxygen atoms in total. The summed E-state index contributed by atoms with van der Waals surface area (Å²) in [4.78, 5) is 11.3. The summed E-state index contributed by atoms with van der Waals surface area (Å²) in [5, 5.41) is 10.4. The van der Waals surface area contributed by atoms with Crippen molar-refractivity contribution in [1.29, 1.82) is 0 Å². The third kappa shape index (κ3) is 1.50. The van der Waals surface area contributed by atoms with Crippen LogP contribution in [0.2, 0.25) is 0 Å². The molecule has 0 saturated heterocycles. The van der Waals surface area contributed by atoms with Gasteiger partial charge in [-0.3, -0.25) is 0 Å². The van der Waals surface area contributed by atoms with Gasteiger partial charge in [0.25, 0.3) is 0 Å². The van der Waals surface area contributed by atoms with Gasteiger partial charge in [-0.25, -0.2) is 4.79 Å². The first kappa shape index (κ1) is 9.77. The van der Waals surface area contributed by atoms with E-state index in [0.29, 0.717) is 11.1 Å². The average Bonchev–Trinajstić information content (AvgIpc) is 2.23. The van der Waals surface area contributed by atoms with Gasteiger partial charge in [0.2, 0.25) is 0 Å². The van der Waals surface area contributed by atoms with E-state index in [1.807, 2.05) is 6.92 Å². The first-order valence-corrected chi connectivity index (χ1v) is 4.88. The highest BCUT2D eigenvalue weighted by Crippen LogP contribution is 2.27. The van der Waals surface area contributed by atoms with Crippen molar-refractivity contribution in [1.82, 2.24) is 0 Å². The second kappa shape index (κ2) is 3.42. The average molecular weight is 204 g/mol. The molecule has 1 aromatic carbocycles. The van der Waals surface area contributed by atoms with E-state index < -0.39 is 0 Å². The number of hydrogen-bond acceptors (Lipinski definition) is 3. The molecule has 0 fully saturated rings. The van der Waals surface area contributed by atoms with Gasteiger partial charge in [0.1, 0.15) is 11.3 Å². The van der Waals surface area contributed by atoms with Gasteiger partial charge in [-0.15, -0.1) is 0 Å². The van der Waals surface area contributed by atoms with Crippen LogP contribution in [0.4, 0.5) is 0 Å². The number of aromatic hydroxyl groups is 1. The number of hydrogen-bond donors (Lipinski definition) is 1. The van der Waals surface area contributed by atoms with Gasteiger partial charge < -0.3 is 9.52 Å². The van der Waals surface area contributed by atoms with E-state index in [-0.39, 0.29) is 11.4 Å². The fourth-order valence-corrected chi connectivity index (χ4v) is 1.71. The van der Waals surface area contributed by atoms with Gasteiger partial charge in [-0.1, -0.05) is 6.92 Å². The summed E-state index contributed by atoms with van der Waals surface area (Å²) >= 11 is 0. The molecule has 3 heteroatoms. The van der Waals surface area contributed by atoms with Crippen LogP contribution in [-0.2, 0) is 6.42 Å². The third-order valence-electron chi connectivity index (χ3n) is 2.60. The van der Waals surface area contributed by atoms with Crippen LogP contribution in [0.15, 0.2) is 27.4 Å². The summed E-state index contributed by atoms with van der Waals surface area (Å²) in [7, 11) is 0. The van der Waals surface area contributed by atoms with Crippen LogP contribution in [0.5, 0.6) is 5.75 Å². The van der Waals surface area contributed by atoms with Gasteiger partial charge in [-0.2, -0.15) is 0 Å².